The number of ether oxygens (including phenoxy) is 1. The number of hydrogen-bond acceptors (Lipinski definition) is 5. The number of aromatic nitrogens is 2. The van der Waals surface area contributed by atoms with Gasteiger partial charge in [-0.2, -0.15) is 0 Å². The van der Waals surface area contributed by atoms with Crippen LogP contribution in [0.1, 0.15) is 6.23 Å². The third-order valence-corrected chi connectivity index (χ3v) is 4.13. The zero-order valence-electron chi connectivity index (χ0n) is 10.1. The SMILES string of the molecule is OC[C@H]1OC(n2cnc3cc(Cl)c(Cl)cc32)[C@H](O)[C@@H]1O. The number of aliphatic hydroxyl groups is 3. The molecule has 1 aliphatic rings. The van der Waals surface area contributed by atoms with Crippen molar-refractivity contribution in [1.82, 2.24) is 9.55 Å². The van der Waals surface area contributed by atoms with Gasteiger partial charge in [0, 0.05) is 0 Å². The van der Waals surface area contributed by atoms with E-state index in [2.05, 4.69) is 4.98 Å². The molecule has 108 valence electrons. The van der Waals surface area contributed by atoms with Crippen LogP contribution in [0.2, 0.25) is 10.0 Å². The van der Waals surface area contributed by atoms with Gasteiger partial charge < -0.3 is 24.6 Å². The largest absolute Gasteiger partial charge is 0.394 e. The molecule has 20 heavy (non-hydrogen) atoms. The van der Waals surface area contributed by atoms with Crippen LogP contribution in [0.4, 0.5) is 0 Å². The third-order valence-electron chi connectivity index (χ3n) is 3.41. The first-order chi connectivity index (χ1) is 9.52. The van der Waals surface area contributed by atoms with Crippen LogP contribution in [-0.4, -0.2) is 49.8 Å². The molecule has 0 amide bonds. The topological polar surface area (TPSA) is 87.7 Å². The van der Waals surface area contributed by atoms with E-state index in [-0.39, 0.29) is 6.61 Å². The average molecular weight is 319 g/mol. The molecular formula is C12H12Cl2N2O4. The molecule has 8 heteroatoms. The molecule has 1 fully saturated rings. The Morgan fingerprint density at radius 2 is 1.90 bits per heavy atom. The van der Waals surface area contributed by atoms with Crippen molar-refractivity contribution in [2.45, 2.75) is 24.5 Å². The van der Waals surface area contributed by atoms with E-state index >= 15 is 0 Å². The lowest BCUT2D eigenvalue weighted by Crippen LogP contribution is -2.33. The smallest absolute Gasteiger partial charge is 0.164 e. The highest BCUT2D eigenvalue weighted by atomic mass is 35.5. The highest BCUT2D eigenvalue weighted by Gasteiger charge is 2.43. The molecule has 2 aromatic rings. The van der Waals surface area contributed by atoms with Crippen molar-refractivity contribution in [1.29, 1.82) is 0 Å². The molecule has 1 aromatic heterocycles. The summed E-state index contributed by atoms with van der Waals surface area (Å²) >= 11 is 11.9. The van der Waals surface area contributed by atoms with Crippen molar-refractivity contribution in [3.05, 3.63) is 28.5 Å². The molecule has 1 saturated heterocycles. The zero-order valence-corrected chi connectivity index (χ0v) is 11.7. The van der Waals surface area contributed by atoms with Crippen LogP contribution in [0.5, 0.6) is 0 Å². The van der Waals surface area contributed by atoms with E-state index in [1.807, 2.05) is 0 Å². The molecule has 1 aliphatic heterocycles. The molecule has 0 saturated carbocycles. The second kappa shape index (κ2) is 5.14. The quantitative estimate of drug-likeness (QED) is 0.767. The Labute approximate surface area is 124 Å². The number of benzene rings is 1. The van der Waals surface area contributed by atoms with Crippen molar-refractivity contribution in [2.24, 2.45) is 0 Å². The van der Waals surface area contributed by atoms with E-state index in [0.717, 1.165) is 0 Å². The van der Waals surface area contributed by atoms with Crippen LogP contribution in [0, 0.1) is 0 Å². The normalized spacial score (nSPS) is 30.2. The van der Waals surface area contributed by atoms with Gasteiger partial charge in [-0.1, -0.05) is 23.2 Å². The van der Waals surface area contributed by atoms with Crippen LogP contribution < -0.4 is 0 Å². The van der Waals surface area contributed by atoms with Crippen LogP contribution in [0.15, 0.2) is 18.5 Å². The fourth-order valence-electron chi connectivity index (χ4n) is 2.34. The van der Waals surface area contributed by atoms with Crippen LogP contribution in [0.25, 0.3) is 11.0 Å². The summed E-state index contributed by atoms with van der Waals surface area (Å²) in [5, 5.41) is 29.6. The monoisotopic (exact) mass is 318 g/mol. The van der Waals surface area contributed by atoms with Gasteiger partial charge in [0.1, 0.15) is 18.3 Å². The van der Waals surface area contributed by atoms with Crippen molar-refractivity contribution >= 4 is 34.2 Å². The number of nitrogens with zero attached hydrogens (tertiary/aromatic N) is 2. The molecule has 0 spiro atoms. The Balaban J connectivity index is 2.05. The summed E-state index contributed by atoms with van der Waals surface area (Å²) in [6.45, 7) is -0.381. The van der Waals surface area contributed by atoms with Gasteiger partial charge in [-0.05, 0) is 12.1 Å². The molecule has 3 N–H and O–H groups in total. The number of fused-ring (bicyclic) bond motifs is 1. The summed E-state index contributed by atoms with van der Waals surface area (Å²) < 4.78 is 7.01. The number of hydrogen-bond donors (Lipinski definition) is 3. The van der Waals surface area contributed by atoms with Crippen LogP contribution in [0.3, 0.4) is 0 Å². The molecule has 1 aromatic carbocycles. The molecular weight excluding hydrogens is 307 g/mol. The third kappa shape index (κ3) is 2.09. The molecule has 0 radical (unpaired) electrons. The summed E-state index contributed by atoms with van der Waals surface area (Å²) in [7, 11) is 0. The maximum atomic E-state index is 10.0. The fraction of sp³-hybridized carbons (Fsp3) is 0.417. The Bertz CT molecular complexity index is 648. The van der Waals surface area contributed by atoms with Crippen molar-refractivity contribution < 1.29 is 20.1 Å². The van der Waals surface area contributed by atoms with E-state index in [1.165, 1.54) is 6.33 Å². The second-order valence-corrected chi connectivity index (χ2v) is 5.45. The van der Waals surface area contributed by atoms with Gasteiger partial charge in [0.15, 0.2) is 6.23 Å². The predicted molar refractivity (Wildman–Crippen MR) is 72.8 cm³/mol. The number of rotatable bonds is 2. The van der Waals surface area contributed by atoms with Crippen molar-refractivity contribution in [3.63, 3.8) is 0 Å². The van der Waals surface area contributed by atoms with Crippen LogP contribution >= 0.6 is 23.2 Å². The van der Waals surface area contributed by atoms with Gasteiger partial charge in [-0.3, -0.25) is 0 Å². The fourth-order valence-corrected chi connectivity index (χ4v) is 2.65. The summed E-state index contributed by atoms with van der Waals surface area (Å²) in [5.41, 5.74) is 1.21. The van der Waals surface area contributed by atoms with Gasteiger partial charge >= 0.3 is 0 Å². The standard InChI is InChI=1S/C12H12Cl2N2O4/c13-5-1-7-8(2-6(5)14)16(4-15-7)12-11(19)10(18)9(3-17)20-12/h1-2,4,9-12,17-19H,3H2/t9-,10-,11-,12?/m1/s1. The Morgan fingerprint density at radius 1 is 1.20 bits per heavy atom. The van der Waals surface area contributed by atoms with E-state index in [0.29, 0.717) is 21.1 Å². The Morgan fingerprint density at radius 3 is 2.55 bits per heavy atom. The minimum Gasteiger partial charge on any atom is -0.394 e. The van der Waals surface area contributed by atoms with E-state index < -0.39 is 24.5 Å². The van der Waals surface area contributed by atoms with Crippen molar-refractivity contribution in [2.75, 3.05) is 6.61 Å². The number of imidazole rings is 1. The molecule has 3 rings (SSSR count). The first-order valence-electron chi connectivity index (χ1n) is 5.97. The van der Waals surface area contributed by atoms with Crippen molar-refractivity contribution in [3.8, 4) is 0 Å². The van der Waals surface area contributed by atoms with E-state index in [9.17, 15) is 10.2 Å². The lowest BCUT2D eigenvalue weighted by Gasteiger charge is -2.17. The first-order valence-corrected chi connectivity index (χ1v) is 6.72. The molecule has 2 heterocycles. The number of aliphatic hydroxyl groups excluding tert-OH is 3. The van der Waals surface area contributed by atoms with Crippen LogP contribution in [-0.2, 0) is 4.74 Å². The predicted octanol–water partition coefficient (Wildman–Crippen LogP) is 0.955. The zero-order chi connectivity index (χ0) is 14.4. The summed E-state index contributed by atoms with van der Waals surface area (Å²) in [4.78, 5) is 4.16. The van der Waals surface area contributed by atoms with Gasteiger partial charge in [0.05, 0.1) is 34.0 Å². The maximum Gasteiger partial charge on any atom is 0.164 e. The van der Waals surface area contributed by atoms with Gasteiger partial charge in [0.25, 0.3) is 0 Å². The van der Waals surface area contributed by atoms with Gasteiger partial charge in [0.2, 0.25) is 0 Å². The number of halogens is 2. The lowest BCUT2D eigenvalue weighted by atomic mass is 10.1. The first kappa shape index (κ1) is 14.1. The highest BCUT2D eigenvalue weighted by molar-refractivity contribution is 6.42. The summed E-state index contributed by atoms with van der Waals surface area (Å²) in [6.07, 6.45) is -2.54. The van der Waals surface area contributed by atoms with Gasteiger partial charge in [-0.15, -0.1) is 0 Å². The molecule has 4 atom stereocenters. The minimum atomic E-state index is -1.17. The highest BCUT2D eigenvalue weighted by Crippen LogP contribution is 2.34. The molecule has 0 bridgehead atoms. The second-order valence-electron chi connectivity index (χ2n) is 4.64. The maximum absolute atomic E-state index is 10.0. The summed E-state index contributed by atoms with van der Waals surface area (Å²) in [6, 6.07) is 3.22. The molecule has 1 unspecified atom stereocenters. The molecule has 6 nitrogen and oxygen atoms in total. The molecule has 0 aliphatic carbocycles. The average Bonchev–Trinajstić information content (AvgIpc) is 2.94. The minimum absolute atomic E-state index is 0.354. The Kier molecular flexibility index (Phi) is 3.62. The van der Waals surface area contributed by atoms with Gasteiger partial charge in [-0.25, -0.2) is 4.98 Å². The lowest BCUT2D eigenvalue weighted by molar-refractivity contribution is -0.0508. The Hall–Kier alpha value is -0.890. The van der Waals surface area contributed by atoms with E-state index in [1.54, 1.807) is 16.7 Å². The van der Waals surface area contributed by atoms with E-state index in [4.69, 9.17) is 33.0 Å². The summed E-state index contributed by atoms with van der Waals surface area (Å²) in [5.74, 6) is 0.